The number of nitrogens with zero attached hydrogens (tertiary/aromatic N) is 1. The number of halogens is 3. The molecular weight excluding hydrogens is 291 g/mol. The normalized spacial score (nSPS) is 26.8. The number of rotatable bonds is 2. The lowest BCUT2D eigenvalue weighted by Crippen LogP contribution is -2.45. The predicted octanol–water partition coefficient (Wildman–Crippen LogP) is 3.51. The van der Waals surface area contributed by atoms with Crippen molar-refractivity contribution < 1.29 is 18.0 Å². The smallest absolute Gasteiger partial charge is 0.254 e. The number of piperidine rings is 1. The molecule has 2 saturated carbocycles. The topological polar surface area (TPSA) is 20.3 Å². The molecule has 4 rings (SSSR count). The van der Waals surface area contributed by atoms with Crippen molar-refractivity contribution in [2.45, 2.75) is 43.4 Å². The van der Waals surface area contributed by atoms with Gasteiger partial charge in [0.15, 0.2) is 0 Å². The lowest BCUT2D eigenvalue weighted by atomic mass is 9.89. The van der Waals surface area contributed by atoms with E-state index in [2.05, 4.69) is 0 Å². The summed E-state index contributed by atoms with van der Waals surface area (Å²) in [5.41, 5.74) is -0.531. The van der Waals surface area contributed by atoms with Gasteiger partial charge in [0.1, 0.15) is 5.82 Å². The summed E-state index contributed by atoms with van der Waals surface area (Å²) in [5, 5.41) is 0. The van der Waals surface area contributed by atoms with Gasteiger partial charge in [-0.15, -0.1) is 0 Å². The number of likely N-dealkylation sites (tertiary alicyclic amines) is 1. The average Bonchev–Trinajstić information content (AvgIpc) is 3.38. The second kappa shape index (κ2) is 4.27. The van der Waals surface area contributed by atoms with Crippen LogP contribution in [0.15, 0.2) is 24.3 Å². The fourth-order valence-electron chi connectivity index (χ4n) is 3.88. The number of hydrogen-bond donors (Lipinski definition) is 0. The lowest BCUT2D eigenvalue weighted by Gasteiger charge is -2.34. The van der Waals surface area contributed by atoms with Crippen LogP contribution in [0.2, 0.25) is 0 Å². The van der Waals surface area contributed by atoms with E-state index >= 15 is 0 Å². The minimum Gasteiger partial charge on any atom is -0.342 e. The van der Waals surface area contributed by atoms with Gasteiger partial charge in [0.05, 0.1) is 5.41 Å². The molecule has 3 fully saturated rings. The van der Waals surface area contributed by atoms with Gasteiger partial charge in [0, 0.05) is 24.9 Å². The summed E-state index contributed by atoms with van der Waals surface area (Å²) in [5.74, 6) is -2.82. The highest BCUT2D eigenvalue weighted by Gasteiger charge is 2.71. The summed E-state index contributed by atoms with van der Waals surface area (Å²) in [4.78, 5) is 14.5. The van der Waals surface area contributed by atoms with Crippen LogP contribution in [0.4, 0.5) is 13.2 Å². The Hall–Kier alpha value is -1.52. The minimum atomic E-state index is -2.53. The minimum absolute atomic E-state index is 0.0227. The Bertz CT molecular complexity index is 613. The SMILES string of the molecule is O=C(N1CCC2(CC1)CC2(F)F)C1(c2ccc(F)cc2)CC1. The molecule has 0 atom stereocenters. The number of benzene rings is 1. The maximum absolute atomic E-state index is 13.4. The van der Waals surface area contributed by atoms with Crippen molar-refractivity contribution in [3.63, 3.8) is 0 Å². The van der Waals surface area contributed by atoms with E-state index in [4.69, 9.17) is 0 Å². The fraction of sp³-hybridized carbons (Fsp3) is 0.588. The van der Waals surface area contributed by atoms with Crippen LogP contribution in [-0.2, 0) is 10.2 Å². The third kappa shape index (κ3) is 1.90. The molecule has 0 N–H and O–H groups in total. The number of amides is 1. The van der Waals surface area contributed by atoms with Gasteiger partial charge in [-0.1, -0.05) is 12.1 Å². The van der Waals surface area contributed by atoms with E-state index in [1.807, 2.05) is 0 Å². The molecular formula is C17H18F3NO. The third-order valence-corrected chi connectivity index (χ3v) is 5.78. The van der Waals surface area contributed by atoms with Crippen molar-refractivity contribution in [1.82, 2.24) is 4.90 Å². The second-order valence-corrected chi connectivity index (χ2v) is 7.04. The molecule has 0 radical (unpaired) electrons. The molecule has 1 saturated heterocycles. The highest BCUT2D eigenvalue weighted by atomic mass is 19.3. The van der Waals surface area contributed by atoms with E-state index in [-0.39, 0.29) is 18.1 Å². The first-order chi connectivity index (χ1) is 10.4. The molecule has 1 aliphatic heterocycles. The average molecular weight is 309 g/mol. The van der Waals surface area contributed by atoms with Crippen LogP contribution in [0.5, 0.6) is 0 Å². The number of carbonyl (C=O) groups excluding carboxylic acids is 1. The molecule has 0 aromatic heterocycles. The Morgan fingerprint density at radius 1 is 1.00 bits per heavy atom. The Kier molecular flexibility index (Phi) is 2.73. The lowest BCUT2D eigenvalue weighted by molar-refractivity contribution is -0.136. The van der Waals surface area contributed by atoms with Gasteiger partial charge in [-0.2, -0.15) is 0 Å². The summed E-state index contributed by atoms with van der Waals surface area (Å²) in [6, 6.07) is 6.08. The van der Waals surface area contributed by atoms with Crippen molar-refractivity contribution in [2.24, 2.45) is 5.41 Å². The van der Waals surface area contributed by atoms with Crippen molar-refractivity contribution in [3.05, 3.63) is 35.6 Å². The molecule has 1 aromatic carbocycles. The van der Waals surface area contributed by atoms with Crippen molar-refractivity contribution in [3.8, 4) is 0 Å². The predicted molar refractivity (Wildman–Crippen MR) is 75.1 cm³/mol. The van der Waals surface area contributed by atoms with Crippen molar-refractivity contribution >= 4 is 5.91 Å². The van der Waals surface area contributed by atoms with Crippen molar-refractivity contribution in [2.75, 3.05) is 13.1 Å². The summed E-state index contributed by atoms with van der Waals surface area (Å²) < 4.78 is 39.9. The molecule has 3 aliphatic rings. The third-order valence-electron chi connectivity index (χ3n) is 5.78. The Morgan fingerprint density at radius 3 is 2.00 bits per heavy atom. The first kappa shape index (κ1) is 14.1. The Morgan fingerprint density at radius 2 is 1.55 bits per heavy atom. The number of alkyl halides is 2. The largest absolute Gasteiger partial charge is 0.342 e. The van der Waals surface area contributed by atoms with Crippen LogP contribution in [0.25, 0.3) is 0 Å². The van der Waals surface area contributed by atoms with Crippen molar-refractivity contribution in [1.29, 1.82) is 0 Å². The van der Waals surface area contributed by atoms with E-state index < -0.39 is 16.8 Å². The van der Waals surface area contributed by atoms with E-state index in [0.717, 1.165) is 18.4 Å². The maximum Gasteiger partial charge on any atom is 0.254 e. The highest BCUT2D eigenvalue weighted by molar-refractivity contribution is 5.91. The van der Waals surface area contributed by atoms with Crippen LogP contribution in [0, 0.1) is 11.2 Å². The monoisotopic (exact) mass is 309 g/mol. The van der Waals surface area contributed by atoms with Gasteiger partial charge in [0.2, 0.25) is 5.91 Å². The first-order valence-corrected chi connectivity index (χ1v) is 7.82. The van der Waals surface area contributed by atoms with Crippen LogP contribution in [0.1, 0.15) is 37.7 Å². The molecule has 2 aliphatic carbocycles. The Balaban J connectivity index is 1.48. The quantitative estimate of drug-likeness (QED) is 0.819. The van der Waals surface area contributed by atoms with E-state index in [1.165, 1.54) is 12.1 Å². The summed E-state index contributed by atoms with van der Waals surface area (Å²) in [6.45, 7) is 0.828. The van der Waals surface area contributed by atoms with Crippen LogP contribution in [-0.4, -0.2) is 29.8 Å². The fourth-order valence-corrected chi connectivity index (χ4v) is 3.88. The maximum atomic E-state index is 13.4. The van der Waals surface area contributed by atoms with Gasteiger partial charge < -0.3 is 4.90 Å². The van der Waals surface area contributed by atoms with E-state index in [9.17, 15) is 18.0 Å². The molecule has 1 heterocycles. The molecule has 5 heteroatoms. The molecule has 1 amide bonds. The highest BCUT2D eigenvalue weighted by Crippen LogP contribution is 2.66. The van der Waals surface area contributed by atoms with Gasteiger partial charge >= 0.3 is 0 Å². The van der Waals surface area contributed by atoms with E-state index in [1.54, 1.807) is 17.0 Å². The number of hydrogen-bond acceptors (Lipinski definition) is 1. The Labute approximate surface area is 127 Å². The van der Waals surface area contributed by atoms with Gasteiger partial charge in [-0.05, 0) is 43.4 Å². The van der Waals surface area contributed by atoms with Crippen LogP contribution < -0.4 is 0 Å². The molecule has 118 valence electrons. The van der Waals surface area contributed by atoms with Crippen LogP contribution >= 0.6 is 0 Å². The van der Waals surface area contributed by atoms with Crippen LogP contribution in [0.3, 0.4) is 0 Å². The molecule has 0 unspecified atom stereocenters. The molecule has 22 heavy (non-hydrogen) atoms. The summed E-state index contributed by atoms with van der Waals surface area (Å²) in [7, 11) is 0. The molecule has 2 nitrogen and oxygen atoms in total. The standard InChI is InChI=1S/C17H18F3NO/c18-13-3-1-12(2-4-13)16(5-6-16)14(22)21-9-7-15(8-10-21)11-17(15,19)20/h1-4H,5-11H2. The zero-order chi connectivity index (χ0) is 15.6. The zero-order valence-electron chi connectivity index (χ0n) is 12.2. The number of carbonyl (C=O) groups is 1. The second-order valence-electron chi connectivity index (χ2n) is 7.04. The molecule has 1 aromatic rings. The van der Waals surface area contributed by atoms with Gasteiger partial charge in [-0.3, -0.25) is 4.79 Å². The summed E-state index contributed by atoms with van der Waals surface area (Å²) in [6.07, 6.45) is 2.28. The zero-order valence-corrected chi connectivity index (χ0v) is 12.2. The van der Waals surface area contributed by atoms with E-state index in [0.29, 0.717) is 25.9 Å². The molecule has 1 spiro atoms. The summed E-state index contributed by atoms with van der Waals surface area (Å²) >= 11 is 0. The van der Waals surface area contributed by atoms with Gasteiger partial charge in [0.25, 0.3) is 5.92 Å². The first-order valence-electron chi connectivity index (χ1n) is 7.82. The van der Waals surface area contributed by atoms with Gasteiger partial charge in [-0.25, -0.2) is 13.2 Å². The molecule has 0 bridgehead atoms.